The summed E-state index contributed by atoms with van der Waals surface area (Å²) in [5.74, 6) is 0.775. The molecule has 0 radical (unpaired) electrons. The average Bonchev–Trinajstić information content (AvgIpc) is 2.69. The Bertz CT molecular complexity index is 575. The van der Waals surface area contributed by atoms with Crippen LogP contribution in [-0.4, -0.2) is 20.9 Å². The summed E-state index contributed by atoms with van der Waals surface area (Å²) in [4.78, 5) is 0. The normalized spacial score (nSPS) is 10.6. The first-order chi connectivity index (χ1) is 9.54. The molecule has 4 nitrogen and oxygen atoms in total. The highest BCUT2D eigenvalue weighted by molar-refractivity contribution is 7.80. The van der Waals surface area contributed by atoms with Crippen molar-refractivity contribution in [1.82, 2.24) is 15.1 Å². The van der Waals surface area contributed by atoms with Crippen molar-refractivity contribution in [3.63, 3.8) is 0 Å². The average molecular weight is 288 g/mol. The van der Waals surface area contributed by atoms with Gasteiger partial charge in [0.2, 0.25) is 0 Å². The zero-order chi connectivity index (χ0) is 14.5. The van der Waals surface area contributed by atoms with Crippen molar-refractivity contribution in [2.45, 2.75) is 33.4 Å². The number of aryl methyl sites for hydroxylation is 1. The molecule has 0 saturated heterocycles. The number of thiocarbonyl (C=S) groups is 1. The molecular weight excluding hydrogens is 268 g/mol. The molecule has 2 aromatic rings. The van der Waals surface area contributed by atoms with Crippen LogP contribution in [0, 0.1) is 6.92 Å². The smallest absolute Gasteiger partial charge is 0.172 e. The Kier molecular flexibility index (Phi) is 4.74. The van der Waals surface area contributed by atoms with Crippen molar-refractivity contribution in [3.05, 3.63) is 47.7 Å². The maximum Gasteiger partial charge on any atom is 0.172 e. The summed E-state index contributed by atoms with van der Waals surface area (Å²) >= 11 is 5.22. The van der Waals surface area contributed by atoms with Gasteiger partial charge in [-0.1, -0.05) is 30.3 Å². The molecule has 0 aliphatic carbocycles. The molecule has 0 spiro atoms. The largest absolute Gasteiger partial charge is 0.360 e. The number of nitrogens with one attached hydrogen (secondary N) is 2. The number of nitrogens with zero attached hydrogens (tertiary/aromatic N) is 2. The second kappa shape index (κ2) is 6.52. The van der Waals surface area contributed by atoms with E-state index in [1.807, 2.05) is 49.7 Å². The molecule has 20 heavy (non-hydrogen) atoms. The number of hydrogen-bond acceptors (Lipinski definition) is 2. The lowest BCUT2D eigenvalue weighted by Gasteiger charge is -2.11. The minimum absolute atomic E-state index is 0.308. The van der Waals surface area contributed by atoms with E-state index in [0.29, 0.717) is 11.2 Å². The van der Waals surface area contributed by atoms with Crippen LogP contribution in [0.15, 0.2) is 36.4 Å². The van der Waals surface area contributed by atoms with Crippen molar-refractivity contribution in [3.8, 4) is 0 Å². The van der Waals surface area contributed by atoms with Gasteiger partial charge >= 0.3 is 0 Å². The fourth-order valence-corrected chi connectivity index (χ4v) is 2.24. The molecular formula is C15H20N4S. The first kappa shape index (κ1) is 14.5. The summed E-state index contributed by atoms with van der Waals surface area (Å²) < 4.78 is 1.97. The van der Waals surface area contributed by atoms with Gasteiger partial charge in [-0.3, -0.25) is 4.68 Å². The Balaban J connectivity index is 2.04. The highest BCUT2D eigenvalue weighted by atomic mass is 32.1. The maximum absolute atomic E-state index is 5.22. The SMILES string of the molecule is Cc1cc(NC(=S)NC(C)C)nn1Cc1ccccc1. The molecule has 2 rings (SSSR count). The number of aromatic nitrogens is 2. The molecule has 1 aromatic heterocycles. The predicted molar refractivity (Wildman–Crippen MR) is 87.0 cm³/mol. The summed E-state index contributed by atoms with van der Waals surface area (Å²) in [5, 5.41) is 11.4. The highest BCUT2D eigenvalue weighted by Gasteiger charge is 2.06. The van der Waals surface area contributed by atoms with E-state index < -0.39 is 0 Å². The first-order valence-electron chi connectivity index (χ1n) is 6.70. The van der Waals surface area contributed by atoms with Gasteiger partial charge in [-0.2, -0.15) is 5.10 Å². The van der Waals surface area contributed by atoms with Crippen molar-refractivity contribution in [1.29, 1.82) is 0 Å². The van der Waals surface area contributed by atoms with E-state index in [0.717, 1.165) is 18.1 Å². The number of anilines is 1. The maximum atomic E-state index is 5.22. The molecule has 1 heterocycles. The monoisotopic (exact) mass is 288 g/mol. The molecule has 0 bridgehead atoms. The van der Waals surface area contributed by atoms with E-state index in [1.165, 1.54) is 5.56 Å². The van der Waals surface area contributed by atoms with E-state index in [9.17, 15) is 0 Å². The zero-order valence-corrected chi connectivity index (χ0v) is 12.9. The lowest BCUT2D eigenvalue weighted by molar-refractivity contribution is 0.667. The molecule has 0 aliphatic rings. The van der Waals surface area contributed by atoms with E-state index in [2.05, 4.69) is 27.9 Å². The van der Waals surface area contributed by atoms with Crippen molar-refractivity contribution >= 4 is 23.1 Å². The van der Waals surface area contributed by atoms with Gasteiger partial charge in [-0.25, -0.2) is 0 Å². The Morgan fingerprint density at radius 1 is 1.30 bits per heavy atom. The van der Waals surface area contributed by atoms with Crippen LogP contribution in [0.25, 0.3) is 0 Å². The summed E-state index contributed by atoms with van der Waals surface area (Å²) in [6.07, 6.45) is 0. The summed E-state index contributed by atoms with van der Waals surface area (Å²) in [6.45, 7) is 6.90. The van der Waals surface area contributed by atoms with Gasteiger partial charge in [0.1, 0.15) is 0 Å². The van der Waals surface area contributed by atoms with Gasteiger partial charge in [0.15, 0.2) is 10.9 Å². The fourth-order valence-electron chi connectivity index (χ4n) is 1.90. The zero-order valence-electron chi connectivity index (χ0n) is 12.1. The summed E-state index contributed by atoms with van der Waals surface area (Å²) in [7, 11) is 0. The number of benzene rings is 1. The first-order valence-corrected chi connectivity index (χ1v) is 7.11. The van der Waals surface area contributed by atoms with Crippen LogP contribution < -0.4 is 10.6 Å². The lowest BCUT2D eigenvalue weighted by atomic mass is 10.2. The van der Waals surface area contributed by atoms with E-state index in [-0.39, 0.29) is 0 Å². The van der Waals surface area contributed by atoms with E-state index >= 15 is 0 Å². The Hall–Kier alpha value is -1.88. The molecule has 0 fully saturated rings. The third-order valence-electron chi connectivity index (χ3n) is 2.82. The van der Waals surface area contributed by atoms with Crippen molar-refractivity contribution < 1.29 is 0 Å². The third kappa shape index (κ3) is 4.06. The second-order valence-corrected chi connectivity index (χ2v) is 5.48. The van der Waals surface area contributed by atoms with Gasteiger partial charge in [0, 0.05) is 17.8 Å². The van der Waals surface area contributed by atoms with Crippen molar-refractivity contribution in [2.75, 3.05) is 5.32 Å². The molecule has 0 unspecified atom stereocenters. The summed E-state index contributed by atoms with van der Waals surface area (Å²) in [5.41, 5.74) is 2.33. The summed E-state index contributed by atoms with van der Waals surface area (Å²) in [6, 6.07) is 12.6. The topological polar surface area (TPSA) is 41.9 Å². The van der Waals surface area contributed by atoms with Crippen LogP contribution >= 0.6 is 12.2 Å². The van der Waals surface area contributed by atoms with Crippen LogP contribution in [0.5, 0.6) is 0 Å². The quantitative estimate of drug-likeness (QED) is 0.849. The molecule has 0 aliphatic heterocycles. The second-order valence-electron chi connectivity index (χ2n) is 5.07. The van der Waals surface area contributed by atoms with E-state index in [1.54, 1.807) is 0 Å². The molecule has 1 aromatic carbocycles. The van der Waals surface area contributed by atoms with E-state index in [4.69, 9.17) is 12.2 Å². The molecule has 5 heteroatoms. The van der Waals surface area contributed by atoms with Crippen LogP contribution in [0.1, 0.15) is 25.1 Å². The van der Waals surface area contributed by atoms with Crippen molar-refractivity contribution in [2.24, 2.45) is 0 Å². The fraction of sp³-hybridized carbons (Fsp3) is 0.333. The minimum atomic E-state index is 0.308. The van der Waals surface area contributed by atoms with Crippen LogP contribution in [-0.2, 0) is 6.54 Å². The Morgan fingerprint density at radius 2 is 2.00 bits per heavy atom. The molecule has 2 N–H and O–H groups in total. The van der Waals surface area contributed by atoms with Gasteiger partial charge in [-0.05, 0) is 38.6 Å². The minimum Gasteiger partial charge on any atom is -0.360 e. The molecule has 106 valence electrons. The molecule has 0 saturated carbocycles. The predicted octanol–water partition coefficient (Wildman–Crippen LogP) is 2.93. The number of hydrogen-bond donors (Lipinski definition) is 2. The van der Waals surface area contributed by atoms with Gasteiger partial charge in [-0.15, -0.1) is 0 Å². The van der Waals surface area contributed by atoms with Gasteiger partial charge in [0.25, 0.3) is 0 Å². The van der Waals surface area contributed by atoms with Gasteiger partial charge < -0.3 is 10.6 Å². The molecule has 0 atom stereocenters. The molecule has 0 amide bonds. The van der Waals surface area contributed by atoms with Crippen LogP contribution in [0.2, 0.25) is 0 Å². The van der Waals surface area contributed by atoms with Crippen LogP contribution in [0.3, 0.4) is 0 Å². The Morgan fingerprint density at radius 3 is 2.65 bits per heavy atom. The highest BCUT2D eigenvalue weighted by Crippen LogP contribution is 2.11. The van der Waals surface area contributed by atoms with Gasteiger partial charge in [0.05, 0.1) is 6.54 Å². The standard InChI is InChI=1S/C15H20N4S/c1-11(2)16-15(20)17-14-9-12(3)19(18-14)10-13-7-5-4-6-8-13/h4-9,11H,10H2,1-3H3,(H2,16,17,18,20). The number of rotatable bonds is 4. The van der Waals surface area contributed by atoms with Crippen LogP contribution in [0.4, 0.5) is 5.82 Å². The lowest BCUT2D eigenvalue weighted by Crippen LogP contribution is -2.34. The third-order valence-corrected chi connectivity index (χ3v) is 3.04. The Labute approximate surface area is 125 Å².